The average molecular weight is 350 g/mol. The van der Waals surface area contributed by atoms with Crippen molar-refractivity contribution < 1.29 is 4.79 Å². The van der Waals surface area contributed by atoms with E-state index in [1.165, 1.54) is 18.4 Å². The van der Waals surface area contributed by atoms with Gasteiger partial charge in [-0.2, -0.15) is 0 Å². The van der Waals surface area contributed by atoms with Gasteiger partial charge >= 0.3 is 0 Å². The molecule has 0 unspecified atom stereocenters. The van der Waals surface area contributed by atoms with Crippen molar-refractivity contribution >= 4 is 11.7 Å². The maximum Gasteiger partial charge on any atom is 0.227 e. The van der Waals surface area contributed by atoms with Gasteiger partial charge in [0.15, 0.2) is 0 Å². The Labute approximate surface area is 155 Å². The summed E-state index contributed by atoms with van der Waals surface area (Å²) in [5.41, 5.74) is 2.34. The molecule has 2 heterocycles. The van der Waals surface area contributed by atoms with E-state index < -0.39 is 0 Å². The highest BCUT2D eigenvalue weighted by Crippen LogP contribution is 2.41. The lowest BCUT2D eigenvalue weighted by Gasteiger charge is -2.30. The van der Waals surface area contributed by atoms with Gasteiger partial charge in [0.05, 0.1) is 12.6 Å². The van der Waals surface area contributed by atoms with Crippen LogP contribution in [0.2, 0.25) is 0 Å². The summed E-state index contributed by atoms with van der Waals surface area (Å²) in [6.07, 6.45) is 8.14. The van der Waals surface area contributed by atoms with E-state index in [2.05, 4.69) is 45.9 Å². The number of nitrogens with zero attached hydrogens (tertiary/aromatic N) is 4. The van der Waals surface area contributed by atoms with E-state index in [4.69, 9.17) is 0 Å². The van der Waals surface area contributed by atoms with Gasteiger partial charge in [-0.05, 0) is 36.8 Å². The summed E-state index contributed by atoms with van der Waals surface area (Å²) in [5.74, 6) is 2.32. The van der Waals surface area contributed by atoms with Crippen LogP contribution in [0.3, 0.4) is 0 Å². The molecule has 0 N–H and O–H groups in total. The Bertz CT molecular complexity index is 779. The fraction of sp³-hybridized carbons (Fsp3) is 0.476. The maximum atomic E-state index is 12.8. The van der Waals surface area contributed by atoms with Crippen LogP contribution in [0, 0.1) is 18.8 Å². The third-order valence-corrected chi connectivity index (χ3v) is 6.18. The third kappa shape index (κ3) is 3.18. The molecular formula is C21H26N4O. The van der Waals surface area contributed by atoms with Crippen LogP contribution in [0.5, 0.6) is 0 Å². The molecule has 1 aliphatic carbocycles. The van der Waals surface area contributed by atoms with Crippen molar-refractivity contribution in [3.05, 3.63) is 54.0 Å². The molecule has 3 atom stereocenters. The number of carbonyl (C=O) groups excluding carboxylic acids is 1. The van der Waals surface area contributed by atoms with Gasteiger partial charge in [0.2, 0.25) is 5.91 Å². The molecule has 0 spiro atoms. The number of anilines is 1. The van der Waals surface area contributed by atoms with Gasteiger partial charge in [-0.3, -0.25) is 9.78 Å². The normalized spacial score (nSPS) is 24.5. The van der Waals surface area contributed by atoms with Crippen LogP contribution in [0.4, 0.5) is 5.82 Å². The van der Waals surface area contributed by atoms with Crippen LogP contribution in [0.15, 0.2) is 42.9 Å². The summed E-state index contributed by atoms with van der Waals surface area (Å²) in [7, 11) is 2.11. The molecule has 1 amide bonds. The molecule has 0 radical (unpaired) electrons. The fourth-order valence-electron chi connectivity index (χ4n) is 4.65. The SMILES string of the molecule is Cc1ccccc1CC(=O)N1C[C@H]2CC[C@@H](N(C)c3cnccn3)[C@H]2C1. The largest absolute Gasteiger partial charge is 0.355 e. The quantitative estimate of drug-likeness (QED) is 0.851. The molecule has 5 heteroatoms. The molecule has 1 aromatic carbocycles. The highest BCUT2D eigenvalue weighted by Gasteiger charge is 2.45. The number of hydrogen-bond donors (Lipinski definition) is 0. The van der Waals surface area contributed by atoms with Gasteiger partial charge < -0.3 is 9.80 Å². The van der Waals surface area contributed by atoms with E-state index in [1.807, 2.05) is 18.3 Å². The molecule has 1 saturated carbocycles. The number of aromatic nitrogens is 2. The second-order valence-electron chi connectivity index (χ2n) is 7.65. The first-order valence-corrected chi connectivity index (χ1v) is 9.44. The predicted octanol–water partition coefficient (Wildman–Crippen LogP) is 2.70. The minimum absolute atomic E-state index is 0.259. The number of aryl methyl sites for hydroxylation is 1. The fourth-order valence-corrected chi connectivity index (χ4v) is 4.65. The Balaban J connectivity index is 1.43. The molecule has 136 valence electrons. The Morgan fingerprint density at radius 1 is 1.23 bits per heavy atom. The van der Waals surface area contributed by atoms with E-state index in [9.17, 15) is 4.79 Å². The summed E-state index contributed by atoms with van der Waals surface area (Å²) in [4.78, 5) is 25.8. The lowest BCUT2D eigenvalue weighted by molar-refractivity contribution is -0.129. The van der Waals surface area contributed by atoms with Crippen LogP contribution in [-0.4, -0.2) is 47.0 Å². The van der Waals surface area contributed by atoms with Crippen molar-refractivity contribution in [2.24, 2.45) is 11.8 Å². The molecule has 2 aliphatic rings. The first kappa shape index (κ1) is 17.0. The lowest BCUT2D eigenvalue weighted by Crippen LogP contribution is -2.39. The van der Waals surface area contributed by atoms with Gasteiger partial charge in [0, 0.05) is 44.5 Å². The van der Waals surface area contributed by atoms with Crippen molar-refractivity contribution in [2.45, 2.75) is 32.2 Å². The second-order valence-corrected chi connectivity index (χ2v) is 7.65. The highest BCUT2D eigenvalue weighted by atomic mass is 16.2. The topological polar surface area (TPSA) is 49.3 Å². The molecule has 0 bridgehead atoms. The van der Waals surface area contributed by atoms with Gasteiger partial charge in [-0.1, -0.05) is 24.3 Å². The standard InChI is InChI=1S/C21H26N4O/c1-15-5-3-4-6-16(15)11-21(26)25-13-17-7-8-19(18(17)14-25)24(2)20-12-22-9-10-23-20/h3-6,9-10,12,17-19H,7-8,11,13-14H2,1-2H3/t17-,18+,19-/m1/s1. The molecular weight excluding hydrogens is 324 g/mol. The monoisotopic (exact) mass is 350 g/mol. The second kappa shape index (κ2) is 7.06. The molecule has 4 rings (SSSR count). The van der Waals surface area contributed by atoms with Gasteiger partial charge in [-0.25, -0.2) is 4.98 Å². The van der Waals surface area contributed by atoms with Crippen LogP contribution in [0.25, 0.3) is 0 Å². The molecule has 1 aliphatic heterocycles. The van der Waals surface area contributed by atoms with Crippen LogP contribution in [-0.2, 0) is 11.2 Å². The number of amides is 1. The Kier molecular flexibility index (Phi) is 4.62. The Hall–Kier alpha value is -2.43. The number of likely N-dealkylation sites (tertiary alicyclic amines) is 1. The van der Waals surface area contributed by atoms with Crippen LogP contribution >= 0.6 is 0 Å². The number of benzene rings is 1. The zero-order valence-corrected chi connectivity index (χ0v) is 15.5. The van der Waals surface area contributed by atoms with E-state index in [0.717, 1.165) is 24.5 Å². The Morgan fingerprint density at radius 3 is 2.85 bits per heavy atom. The first-order chi connectivity index (χ1) is 12.6. The summed E-state index contributed by atoms with van der Waals surface area (Å²) in [6.45, 7) is 3.85. The highest BCUT2D eigenvalue weighted by molar-refractivity contribution is 5.79. The molecule has 5 nitrogen and oxygen atoms in total. The predicted molar refractivity (Wildman–Crippen MR) is 102 cm³/mol. The molecule has 2 fully saturated rings. The summed E-state index contributed by atoms with van der Waals surface area (Å²) in [6, 6.07) is 8.62. The Morgan fingerprint density at radius 2 is 2.08 bits per heavy atom. The molecule has 2 aromatic rings. The number of rotatable bonds is 4. The molecule has 1 aromatic heterocycles. The minimum atomic E-state index is 0.259. The summed E-state index contributed by atoms with van der Waals surface area (Å²) >= 11 is 0. The van der Waals surface area contributed by atoms with Crippen molar-refractivity contribution in [1.29, 1.82) is 0 Å². The zero-order valence-electron chi connectivity index (χ0n) is 15.5. The van der Waals surface area contributed by atoms with Gasteiger partial charge in [0.1, 0.15) is 5.82 Å². The number of hydrogen-bond acceptors (Lipinski definition) is 4. The first-order valence-electron chi connectivity index (χ1n) is 9.44. The molecule has 1 saturated heterocycles. The third-order valence-electron chi connectivity index (χ3n) is 6.18. The van der Waals surface area contributed by atoms with Gasteiger partial charge in [-0.15, -0.1) is 0 Å². The van der Waals surface area contributed by atoms with Crippen molar-refractivity contribution in [2.75, 3.05) is 25.0 Å². The average Bonchev–Trinajstić information content (AvgIpc) is 3.24. The number of carbonyl (C=O) groups is 1. The van der Waals surface area contributed by atoms with Gasteiger partial charge in [0.25, 0.3) is 0 Å². The van der Waals surface area contributed by atoms with Crippen molar-refractivity contribution in [1.82, 2.24) is 14.9 Å². The van der Waals surface area contributed by atoms with E-state index in [-0.39, 0.29) is 5.91 Å². The number of fused-ring (bicyclic) bond motifs is 1. The zero-order chi connectivity index (χ0) is 18.1. The lowest BCUT2D eigenvalue weighted by atomic mass is 9.97. The maximum absolute atomic E-state index is 12.8. The van der Waals surface area contributed by atoms with Crippen LogP contribution in [0.1, 0.15) is 24.0 Å². The van der Waals surface area contributed by atoms with E-state index in [0.29, 0.717) is 24.3 Å². The molecule has 26 heavy (non-hydrogen) atoms. The van der Waals surface area contributed by atoms with E-state index in [1.54, 1.807) is 12.4 Å². The van der Waals surface area contributed by atoms with Crippen molar-refractivity contribution in [3.8, 4) is 0 Å². The minimum Gasteiger partial charge on any atom is -0.355 e. The smallest absolute Gasteiger partial charge is 0.227 e. The van der Waals surface area contributed by atoms with Crippen LogP contribution < -0.4 is 4.90 Å². The van der Waals surface area contributed by atoms with Crippen molar-refractivity contribution in [3.63, 3.8) is 0 Å². The van der Waals surface area contributed by atoms with E-state index >= 15 is 0 Å². The summed E-state index contributed by atoms with van der Waals surface area (Å²) in [5, 5.41) is 0. The summed E-state index contributed by atoms with van der Waals surface area (Å²) < 4.78 is 0.